The van der Waals surface area contributed by atoms with E-state index < -0.39 is 23.4 Å². The van der Waals surface area contributed by atoms with Crippen LogP contribution in [0.1, 0.15) is 73.6 Å². The van der Waals surface area contributed by atoms with E-state index in [0.717, 1.165) is 25.7 Å². The van der Waals surface area contributed by atoms with Gasteiger partial charge in [-0.3, -0.25) is 4.79 Å². The molecule has 0 radical (unpaired) electrons. The van der Waals surface area contributed by atoms with E-state index in [1.54, 1.807) is 53.7 Å². The Balaban J connectivity index is 0.000000229. The monoisotopic (exact) mass is 658 g/mol. The van der Waals surface area contributed by atoms with Gasteiger partial charge in [0.15, 0.2) is 0 Å². The summed E-state index contributed by atoms with van der Waals surface area (Å²) in [6.45, 7) is 10.7. The number of ether oxygens (including phenoxy) is 2. The number of nitrogens with one attached hydrogen (secondary N) is 1. The first-order valence-electron chi connectivity index (χ1n) is 15.9. The minimum absolute atomic E-state index is 0.0171. The summed E-state index contributed by atoms with van der Waals surface area (Å²) in [4.78, 5) is 45.6. The van der Waals surface area contributed by atoms with E-state index in [4.69, 9.17) is 26.7 Å². The third-order valence-corrected chi connectivity index (χ3v) is 7.40. The number of carbonyl (C=O) groups is 3. The lowest BCUT2D eigenvalue weighted by Gasteiger charge is -2.22. The number of anilines is 4. The molecule has 4 aromatic rings. The molecule has 1 aliphatic carbocycles. The quantitative estimate of drug-likeness (QED) is 0.167. The van der Waals surface area contributed by atoms with Crippen LogP contribution in [0.5, 0.6) is 0 Å². The van der Waals surface area contributed by atoms with Crippen molar-refractivity contribution in [3.63, 3.8) is 0 Å². The third kappa shape index (κ3) is 8.93. The SMILES string of the molecule is CC(C)(C)OC(=O)n1c(-c2ccccc2N)cnc1N.CC(C)(C)OC(=O)n1c(-c2ccccc2NC(=O)C2CCCCC2)cnc1N. The predicted molar refractivity (Wildman–Crippen MR) is 187 cm³/mol. The lowest BCUT2D eigenvalue weighted by molar-refractivity contribution is -0.120. The third-order valence-electron chi connectivity index (χ3n) is 7.40. The first kappa shape index (κ1) is 35.5. The van der Waals surface area contributed by atoms with Gasteiger partial charge in [-0.25, -0.2) is 28.7 Å². The maximum absolute atomic E-state index is 12.7. The van der Waals surface area contributed by atoms with Crippen molar-refractivity contribution in [2.24, 2.45) is 5.92 Å². The van der Waals surface area contributed by atoms with Crippen LogP contribution >= 0.6 is 0 Å². The van der Waals surface area contributed by atoms with Gasteiger partial charge >= 0.3 is 12.2 Å². The summed E-state index contributed by atoms with van der Waals surface area (Å²) in [6, 6.07) is 14.5. The summed E-state index contributed by atoms with van der Waals surface area (Å²) in [7, 11) is 0. The summed E-state index contributed by atoms with van der Waals surface area (Å²) < 4.78 is 13.2. The largest absolute Gasteiger partial charge is 0.443 e. The van der Waals surface area contributed by atoms with Gasteiger partial charge in [0.1, 0.15) is 11.2 Å². The van der Waals surface area contributed by atoms with Gasteiger partial charge in [-0.05, 0) is 66.5 Å². The van der Waals surface area contributed by atoms with Crippen LogP contribution in [-0.2, 0) is 14.3 Å². The first-order valence-corrected chi connectivity index (χ1v) is 15.9. The number of nitrogens with two attached hydrogens (primary N) is 3. The number of rotatable bonds is 4. The number of nitrogens with zero attached hydrogens (tertiary/aromatic N) is 4. The van der Waals surface area contributed by atoms with Crippen molar-refractivity contribution in [1.82, 2.24) is 19.1 Å². The fourth-order valence-corrected chi connectivity index (χ4v) is 5.26. The fraction of sp³-hybridized carbons (Fsp3) is 0.400. The Morgan fingerprint density at radius 3 is 1.67 bits per heavy atom. The van der Waals surface area contributed by atoms with Crippen LogP contribution in [0.25, 0.3) is 22.5 Å². The molecule has 13 nitrogen and oxygen atoms in total. The van der Waals surface area contributed by atoms with Gasteiger partial charge in [-0.2, -0.15) is 0 Å². The van der Waals surface area contributed by atoms with Crippen LogP contribution in [0, 0.1) is 5.92 Å². The van der Waals surface area contributed by atoms with E-state index >= 15 is 0 Å². The molecule has 0 unspecified atom stereocenters. The molecule has 2 aromatic carbocycles. The Morgan fingerprint density at radius 2 is 1.17 bits per heavy atom. The maximum Gasteiger partial charge on any atom is 0.421 e. The van der Waals surface area contributed by atoms with Gasteiger partial charge < -0.3 is 32.0 Å². The van der Waals surface area contributed by atoms with Crippen molar-refractivity contribution in [3.8, 4) is 22.5 Å². The fourth-order valence-electron chi connectivity index (χ4n) is 5.26. The van der Waals surface area contributed by atoms with Crippen molar-refractivity contribution in [3.05, 3.63) is 60.9 Å². The number of imidazole rings is 2. The summed E-state index contributed by atoms with van der Waals surface area (Å²) in [5.74, 6) is 0.154. The predicted octanol–water partition coefficient (Wildman–Crippen LogP) is 6.93. The maximum atomic E-state index is 12.7. The number of amides is 1. The molecular weight excluding hydrogens is 612 g/mol. The highest BCUT2D eigenvalue weighted by molar-refractivity contribution is 5.97. The first-order chi connectivity index (χ1) is 22.6. The van der Waals surface area contributed by atoms with Crippen molar-refractivity contribution in [2.75, 3.05) is 22.5 Å². The number of aromatic nitrogens is 4. The van der Waals surface area contributed by atoms with Gasteiger partial charge in [0.25, 0.3) is 0 Å². The van der Waals surface area contributed by atoms with Crippen LogP contribution in [0.3, 0.4) is 0 Å². The van der Waals surface area contributed by atoms with Crippen LogP contribution in [-0.4, -0.2) is 48.4 Å². The highest BCUT2D eigenvalue weighted by Crippen LogP contribution is 2.32. The topological polar surface area (TPSA) is 195 Å². The molecule has 1 saturated carbocycles. The van der Waals surface area contributed by atoms with Crippen molar-refractivity contribution >= 4 is 41.4 Å². The van der Waals surface area contributed by atoms with Gasteiger partial charge in [0.2, 0.25) is 17.8 Å². The van der Waals surface area contributed by atoms with E-state index in [0.29, 0.717) is 33.9 Å². The van der Waals surface area contributed by atoms with Crippen LogP contribution in [0.15, 0.2) is 60.9 Å². The molecule has 1 aliphatic rings. The molecule has 1 amide bonds. The van der Waals surface area contributed by atoms with Crippen molar-refractivity contribution < 1.29 is 23.9 Å². The van der Waals surface area contributed by atoms with Crippen molar-refractivity contribution in [1.29, 1.82) is 0 Å². The van der Waals surface area contributed by atoms with E-state index in [9.17, 15) is 14.4 Å². The number of carbonyl (C=O) groups excluding carboxylic acids is 3. The molecule has 0 aliphatic heterocycles. The summed E-state index contributed by atoms with van der Waals surface area (Å²) in [6.07, 6.45) is 7.03. The molecule has 1 fully saturated rings. The molecule has 5 rings (SSSR count). The summed E-state index contributed by atoms with van der Waals surface area (Å²) in [5.41, 5.74) is 19.8. The summed E-state index contributed by atoms with van der Waals surface area (Å²) >= 11 is 0. The van der Waals surface area contributed by atoms with Crippen molar-refractivity contribution in [2.45, 2.75) is 84.8 Å². The highest BCUT2D eigenvalue weighted by Gasteiger charge is 2.26. The second kappa shape index (κ2) is 14.6. The molecule has 256 valence electrons. The van der Waals surface area contributed by atoms with Crippen LogP contribution in [0.2, 0.25) is 0 Å². The number of hydrogen-bond acceptors (Lipinski definition) is 10. The van der Waals surface area contributed by atoms with E-state index in [2.05, 4.69) is 15.3 Å². The van der Waals surface area contributed by atoms with E-state index in [1.165, 1.54) is 27.9 Å². The number of para-hydroxylation sites is 2. The van der Waals surface area contributed by atoms with Gasteiger partial charge in [-0.1, -0.05) is 55.7 Å². The Morgan fingerprint density at radius 1 is 0.708 bits per heavy atom. The normalized spacial score (nSPS) is 13.6. The Kier molecular flexibility index (Phi) is 10.8. The van der Waals surface area contributed by atoms with E-state index in [1.807, 2.05) is 36.4 Å². The zero-order chi connectivity index (χ0) is 35.2. The zero-order valence-corrected chi connectivity index (χ0v) is 28.4. The van der Waals surface area contributed by atoms with Crippen LogP contribution < -0.4 is 22.5 Å². The van der Waals surface area contributed by atoms with Gasteiger partial charge in [-0.15, -0.1) is 0 Å². The molecule has 0 saturated heterocycles. The van der Waals surface area contributed by atoms with Gasteiger partial charge in [0, 0.05) is 22.7 Å². The molecule has 13 heteroatoms. The second-order valence-corrected chi connectivity index (χ2v) is 13.6. The number of hydrogen-bond donors (Lipinski definition) is 4. The number of nitrogen functional groups attached to an aromatic ring is 3. The summed E-state index contributed by atoms with van der Waals surface area (Å²) in [5, 5.41) is 3.03. The minimum atomic E-state index is -0.667. The molecule has 0 atom stereocenters. The second-order valence-electron chi connectivity index (χ2n) is 13.6. The highest BCUT2D eigenvalue weighted by atomic mass is 16.6. The molecule has 2 heterocycles. The number of benzene rings is 2. The average molecular weight is 659 g/mol. The van der Waals surface area contributed by atoms with Gasteiger partial charge in [0.05, 0.1) is 29.5 Å². The standard InChI is InChI=1S/C21H28N4O3.C14H18N4O2/c1-21(2,3)28-20(27)25-17(13-23-19(25)22)15-11-7-8-12-16(15)24-18(26)14-9-5-4-6-10-14;1-14(2,3)20-13(19)18-11(8-17-12(18)16)9-6-4-5-7-10(9)15/h7-8,11-14H,4-6,9-10H2,1-3H3,(H2,22,23)(H,24,26);4-8H,15H2,1-3H3,(H2,16,17). The smallest absolute Gasteiger partial charge is 0.421 e. The lowest BCUT2D eigenvalue weighted by Crippen LogP contribution is -2.28. The molecule has 7 N–H and O–H groups in total. The molecule has 0 bridgehead atoms. The Bertz CT molecular complexity index is 1760. The van der Waals surface area contributed by atoms with Crippen LogP contribution in [0.4, 0.5) is 32.9 Å². The zero-order valence-electron chi connectivity index (χ0n) is 28.4. The molecule has 48 heavy (non-hydrogen) atoms. The lowest BCUT2D eigenvalue weighted by atomic mass is 9.88. The Labute approximate surface area is 280 Å². The average Bonchev–Trinajstić information content (AvgIpc) is 3.59. The van der Waals surface area contributed by atoms with E-state index in [-0.39, 0.29) is 23.7 Å². The molecule has 2 aromatic heterocycles. The molecular formula is C35H46N8O5. The minimum Gasteiger partial charge on any atom is -0.443 e. The Hall–Kier alpha value is -5.33. The molecule has 0 spiro atoms.